The molecule has 0 aromatic heterocycles. The topological polar surface area (TPSA) is 456 Å². The third-order valence-electron chi connectivity index (χ3n) is 13.4. The van der Waals surface area contributed by atoms with Gasteiger partial charge in [0, 0.05) is 0 Å². The van der Waals surface area contributed by atoms with Crippen molar-refractivity contribution in [3.8, 4) is 0 Å². The summed E-state index contributed by atoms with van der Waals surface area (Å²) < 4.78 is 118. The summed E-state index contributed by atoms with van der Waals surface area (Å²) in [5.74, 6) is 0. The van der Waals surface area contributed by atoms with Crippen molar-refractivity contribution in [3.05, 3.63) is 0 Å². The van der Waals surface area contributed by atoms with E-state index in [1.165, 1.54) is 0 Å². The monoisotopic (exact) mass is 1020 g/mol. The Balaban J connectivity index is 0.873. The molecule has 0 aromatic rings. The third kappa shape index (κ3) is 9.71. The first-order valence-electron chi connectivity index (χ1n) is 21.7. The molecule has 6 bridgehead atoms. The lowest BCUT2D eigenvalue weighted by atomic mass is 9.96. The molecule has 9 fully saturated rings. The summed E-state index contributed by atoms with van der Waals surface area (Å²) in [7, 11) is -5.40. The standard InChI is InChI=1S/C36H56O31S/c37-1-7-13(40)26(16(43)31(49)56-7)64-34-19(46)28-23(11(60-34)5-54-28)63-36-21(48)30(24(9(3-39)58-36)67-68(50,51)52)66-35-20(47)29-22(12(61-35)6-55-29)62-33-18(45)27(14(41)8(2-38)57-33)65-32-17(44)25-15(42)10(59-32)4-53-25/h7-49H,1-6H2,(H,50,51,52)/t7-,8-,9-,10+,11+,12+,13+,14+,15-,16-,17+,18-,19+,20+,21-,22-,23-,24+,25-,26+,27+,28+,29+,30-,31+,32+,33+,34+,35+,36+/m1/s1. The van der Waals surface area contributed by atoms with Crippen LogP contribution in [0.2, 0.25) is 0 Å². The predicted molar refractivity (Wildman–Crippen MR) is 200 cm³/mol. The second-order valence-electron chi connectivity index (χ2n) is 17.6. The maximum absolute atomic E-state index is 12.1. The molecule has 0 aromatic carbocycles. The van der Waals surface area contributed by atoms with Crippen LogP contribution in [0.15, 0.2) is 0 Å². The van der Waals surface area contributed by atoms with E-state index in [4.69, 9.17) is 70.5 Å². The Morgan fingerprint density at radius 3 is 1.28 bits per heavy atom. The molecule has 0 unspecified atom stereocenters. The van der Waals surface area contributed by atoms with E-state index < -0.39 is 214 Å². The van der Waals surface area contributed by atoms with Crippen LogP contribution in [-0.4, -0.2) is 303 Å². The molecule has 31 nitrogen and oxygen atoms in total. The summed E-state index contributed by atoms with van der Waals surface area (Å²) in [5, 5.41) is 139. The van der Waals surface area contributed by atoms with Crippen molar-refractivity contribution >= 4 is 10.4 Å². The van der Waals surface area contributed by atoms with Crippen LogP contribution in [0.1, 0.15) is 0 Å². The number of hydrogen-bond donors (Lipinski definition) is 14. The highest BCUT2D eigenvalue weighted by Crippen LogP contribution is 2.41. The molecular formula is C36H56O31S. The van der Waals surface area contributed by atoms with Gasteiger partial charge in [0.1, 0.15) is 146 Å². The smallest absolute Gasteiger partial charge is 0.394 e. The van der Waals surface area contributed by atoms with E-state index in [9.17, 15) is 79.4 Å². The van der Waals surface area contributed by atoms with Crippen molar-refractivity contribution in [3.63, 3.8) is 0 Å². The fourth-order valence-corrected chi connectivity index (χ4v) is 10.4. The largest absolute Gasteiger partial charge is 0.397 e. The Kier molecular flexibility index (Phi) is 15.7. The van der Waals surface area contributed by atoms with Crippen LogP contribution in [0, 0.1) is 0 Å². The zero-order valence-corrected chi connectivity index (χ0v) is 36.0. The number of ether oxygens (including phenoxy) is 14. The van der Waals surface area contributed by atoms with Gasteiger partial charge in [-0.3, -0.25) is 4.55 Å². The second-order valence-corrected chi connectivity index (χ2v) is 18.7. The van der Waals surface area contributed by atoms with Crippen LogP contribution in [0.3, 0.4) is 0 Å². The number of fused-ring (bicyclic) bond motifs is 6. The SMILES string of the molecule is O=S(=O)(O)O[C@@H]1[C@H](O[C@@H]2O[C@H]3CO[C@@H]([C@@H]2O)[C@@H]3O[C@@H]2O[C@H](CO)[C@H](O)[C@H](O[C@@H]3O[C@H]4CO[C@@H]([C@@H]3O)[C@@H]4O)[C@H]2O)[C@@H](O)[C@H](O[C@H]2[C@H]3OC[C@@H]2O[C@@H](O[C@@H]2[C@@H](O)[C@@H](O)O[C@H](CO)[C@@H]2O)[C@H]3O)O[C@@H]1CO. The zero-order valence-electron chi connectivity index (χ0n) is 35.2. The van der Waals surface area contributed by atoms with Crippen molar-refractivity contribution in [2.24, 2.45) is 0 Å². The Labute approximate surface area is 383 Å². The van der Waals surface area contributed by atoms with Crippen molar-refractivity contribution in [2.75, 3.05) is 39.6 Å². The van der Waals surface area contributed by atoms with Crippen LogP contribution < -0.4 is 0 Å². The zero-order chi connectivity index (χ0) is 48.7. The summed E-state index contributed by atoms with van der Waals surface area (Å²) in [6.07, 6.45) is -48.1. The van der Waals surface area contributed by atoms with Gasteiger partial charge >= 0.3 is 10.4 Å². The van der Waals surface area contributed by atoms with Gasteiger partial charge in [0.05, 0.1) is 39.6 Å². The Morgan fingerprint density at radius 1 is 0.382 bits per heavy atom. The number of aliphatic hydroxyl groups is 13. The van der Waals surface area contributed by atoms with E-state index in [2.05, 4.69) is 0 Å². The van der Waals surface area contributed by atoms with Gasteiger partial charge in [-0.1, -0.05) is 0 Å². The van der Waals surface area contributed by atoms with Crippen molar-refractivity contribution in [2.45, 2.75) is 184 Å². The number of rotatable bonds is 15. The predicted octanol–water partition coefficient (Wildman–Crippen LogP) is -11.1. The Bertz CT molecular complexity index is 1810. The first-order chi connectivity index (χ1) is 32.3. The summed E-state index contributed by atoms with van der Waals surface area (Å²) in [4.78, 5) is 0. The van der Waals surface area contributed by atoms with Crippen LogP contribution in [0.4, 0.5) is 0 Å². The van der Waals surface area contributed by atoms with Crippen molar-refractivity contribution in [1.82, 2.24) is 0 Å². The summed E-state index contributed by atoms with van der Waals surface area (Å²) in [6, 6.07) is 0. The second kappa shape index (κ2) is 20.6. The van der Waals surface area contributed by atoms with Crippen LogP contribution in [-0.2, 0) is 80.9 Å². The van der Waals surface area contributed by atoms with Gasteiger partial charge in [-0.2, -0.15) is 8.42 Å². The molecule has 0 amide bonds. The molecule has 9 aliphatic heterocycles. The number of aliphatic hydroxyl groups excluding tert-OH is 13. The number of hydrogen-bond acceptors (Lipinski definition) is 30. The van der Waals surface area contributed by atoms with Crippen LogP contribution in [0.5, 0.6) is 0 Å². The van der Waals surface area contributed by atoms with E-state index in [1.807, 2.05) is 0 Å². The highest BCUT2D eigenvalue weighted by molar-refractivity contribution is 7.80. The first kappa shape index (κ1) is 51.7. The van der Waals surface area contributed by atoms with E-state index >= 15 is 0 Å². The molecule has 30 atom stereocenters. The molecule has 0 aliphatic carbocycles. The molecule has 9 rings (SSSR count). The molecule has 0 saturated carbocycles. The lowest BCUT2D eigenvalue weighted by molar-refractivity contribution is -0.379. The Hall–Kier alpha value is -1.21. The minimum Gasteiger partial charge on any atom is -0.394 e. The molecule has 0 radical (unpaired) electrons. The van der Waals surface area contributed by atoms with Crippen LogP contribution >= 0.6 is 0 Å². The maximum Gasteiger partial charge on any atom is 0.397 e. The van der Waals surface area contributed by atoms with E-state index in [0.29, 0.717) is 0 Å². The molecule has 392 valence electrons. The molecule has 14 N–H and O–H groups in total. The molecule has 9 aliphatic rings. The molecule has 9 heterocycles. The van der Waals surface area contributed by atoms with Gasteiger partial charge < -0.3 is 133 Å². The first-order valence-corrected chi connectivity index (χ1v) is 23.0. The van der Waals surface area contributed by atoms with Crippen molar-refractivity contribution < 1.29 is 150 Å². The molecule has 32 heteroatoms. The van der Waals surface area contributed by atoms with Gasteiger partial charge in [0.2, 0.25) is 0 Å². The van der Waals surface area contributed by atoms with Gasteiger partial charge in [-0.25, -0.2) is 4.18 Å². The fourth-order valence-electron chi connectivity index (χ4n) is 9.85. The van der Waals surface area contributed by atoms with E-state index in [1.54, 1.807) is 0 Å². The maximum atomic E-state index is 12.1. The molecule has 9 saturated heterocycles. The van der Waals surface area contributed by atoms with E-state index in [-0.39, 0.29) is 19.8 Å². The average molecular weight is 1020 g/mol. The minimum absolute atomic E-state index is 0.0724. The fraction of sp³-hybridized carbons (Fsp3) is 1.00. The van der Waals surface area contributed by atoms with Gasteiger partial charge in [0.15, 0.2) is 37.7 Å². The minimum atomic E-state index is -5.40. The van der Waals surface area contributed by atoms with Crippen LogP contribution in [0.25, 0.3) is 0 Å². The lowest BCUT2D eigenvalue weighted by Gasteiger charge is -2.48. The van der Waals surface area contributed by atoms with Gasteiger partial charge in [0.25, 0.3) is 0 Å². The highest BCUT2D eigenvalue weighted by Gasteiger charge is 2.61. The highest BCUT2D eigenvalue weighted by atomic mass is 32.3. The summed E-state index contributed by atoms with van der Waals surface area (Å²) in [6.45, 7) is -3.32. The van der Waals surface area contributed by atoms with Gasteiger partial charge in [-0.05, 0) is 0 Å². The van der Waals surface area contributed by atoms with E-state index in [0.717, 1.165) is 0 Å². The van der Waals surface area contributed by atoms with Gasteiger partial charge in [-0.15, -0.1) is 0 Å². The average Bonchev–Trinajstić information content (AvgIpc) is 3.89. The lowest BCUT2D eigenvalue weighted by Crippen LogP contribution is -2.67. The molecule has 0 spiro atoms. The normalized spacial score (nSPS) is 54.9. The quantitative estimate of drug-likeness (QED) is 0.0677. The Morgan fingerprint density at radius 2 is 0.765 bits per heavy atom. The third-order valence-corrected chi connectivity index (χ3v) is 13.8. The summed E-state index contributed by atoms with van der Waals surface area (Å²) >= 11 is 0. The molecular weight excluding hydrogens is 960 g/mol. The van der Waals surface area contributed by atoms with Crippen molar-refractivity contribution in [1.29, 1.82) is 0 Å². The summed E-state index contributed by atoms with van der Waals surface area (Å²) in [5.41, 5.74) is 0. The molecule has 68 heavy (non-hydrogen) atoms.